The van der Waals surface area contributed by atoms with Crippen LogP contribution in [0.5, 0.6) is 0 Å². The van der Waals surface area contributed by atoms with Crippen molar-refractivity contribution in [2.45, 2.75) is 32.7 Å². The van der Waals surface area contributed by atoms with Crippen molar-refractivity contribution in [1.82, 2.24) is 10.2 Å². The van der Waals surface area contributed by atoms with E-state index in [0.29, 0.717) is 12.5 Å². The molecule has 0 aromatic heterocycles. The van der Waals surface area contributed by atoms with Crippen LogP contribution in [-0.4, -0.2) is 48.8 Å². The van der Waals surface area contributed by atoms with Crippen molar-refractivity contribution >= 4 is 0 Å². The Balaban J connectivity index is 2.16. The van der Waals surface area contributed by atoms with Gasteiger partial charge in [-0.05, 0) is 31.8 Å². The van der Waals surface area contributed by atoms with Crippen molar-refractivity contribution in [3.05, 3.63) is 0 Å². The Hall–Kier alpha value is -0.120. The van der Waals surface area contributed by atoms with Crippen LogP contribution in [0.3, 0.4) is 0 Å². The zero-order valence-electron chi connectivity index (χ0n) is 9.50. The van der Waals surface area contributed by atoms with Crippen molar-refractivity contribution in [2.75, 3.05) is 32.8 Å². The maximum absolute atomic E-state index is 8.95. The van der Waals surface area contributed by atoms with Gasteiger partial charge in [0, 0.05) is 19.1 Å². The summed E-state index contributed by atoms with van der Waals surface area (Å²) in [5, 5.41) is 12.3. The Labute approximate surface area is 87.5 Å². The van der Waals surface area contributed by atoms with E-state index < -0.39 is 0 Å². The zero-order chi connectivity index (χ0) is 10.4. The molecule has 0 heterocycles. The highest BCUT2D eigenvalue weighted by Crippen LogP contribution is 2.26. The maximum Gasteiger partial charge on any atom is 0.0558 e. The van der Waals surface area contributed by atoms with Gasteiger partial charge in [-0.3, -0.25) is 4.90 Å². The number of aliphatic hydroxyl groups is 1. The Bertz CT molecular complexity index is 148. The number of nitrogens with one attached hydrogen (secondary N) is 1. The monoisotopic (exact) mass is 200 g/mol. The normalized spacial score (nSPS) is 18.9. The van der Waals surface area contributed by atoms with E-state index in [-0.39, 0.29) is 0 Å². The fourth-order valence-electron chi connectivity index (χ4n) is 1.85. The second kappa shape index (κ2) is 6.38. The van der Waals surface area contributed by atoms with Crippen LogP contribution in [0.15, 0.2) is 0 Å². The fraction of sp³-hybridized carbons (Fsp3) is 1.00. The molecular weight excluding hydrogens is 176 g/mol. The summed E-state index contributed by atoms with van der Waals surface area (Å²) in [7, 11) is 0. The third-order valence-electron chi connectivity index (χ3n) is 2.74. The predicted octanol–water partition coefficient (Wildman–Crippen LogP) is 0.689. The van der Waals surface area contributed by atoms with Crippen molar-refractivity contribution in [2.24, 2.45) is 5.92 Å². The molecule has 0 saturated heterocycles. The lowest BCUT2D eigenvalue weighted by atomic mass is 10.1. The molecule has 0 aromatic rings. The van der Waals surface area contributed by atoms with E-state index in [9.17, 15) is 0 Å². The molecule has 1 aliphatic rings. The van der Waals surface area contributed by atoms with Gasteiger partial charge >= 0.3 is 0 Å². The smallest absolute Gasteiger partial charge is 0.0558 e. The van der Waals surface area contributed by atoms with Crippen LogP contribution in [-0.2, 0) is 0 Å². The number of hydrogen-bond donors (Lipinski definition) is 2. The Morgan fingerprint density at radius 1 is 1.50 bits per heavy atom. The lowest BCUT2D eigenvalue weighted by molar-refractivity contribution is 0.171. The highest BCUT2D eigenvalue weighted by molar-refractivity contribution is 4.85. The van der Waals surface area contributed by atoms with Gasteiger partial charge in [-0.25, -0.2) is 0 Å². The van der Waals surface area contributed by atoms with Gasteiger partial charge in [0.15, 0.2) is 0 Å². The summed E-state index contributed by atoms with van der Waals surface area (Å²) >= 11 is 0. The van der Waals surface area contributed by atoms with Crippen molar-refractivity contribution in [1.29, 1.82) is 0 Å². The third-order valence-corrected chi connectivity index (χ3v) is 2.74. The number of rotatable bonds is 8. The summed E-state index contributed by atoms with van der Waals surface area (Å²) in [6, 6.07) is 0.770. The molecule has 1 atom stereocenters. The van der Waals surface area contributed by atoms with Gasteiger partial charge in [0.05, 0.1) is 6.61 Å². The van der Waals surface area contributed by atoms with Gasteiger partial charge in [0.25, 0.3) is 0 Å². The SMILES string of the molecule is CCNCC(C)CN(CCO)C1CC1. The third kappa shape index (κ3) is 4.40. The van der Waals surface area contributed by atoms with Gasteiger partial charge in [0.2, 0.25) is 0 Å². The van der Waals surface area contributed by atoms with Crippen LogP contribution in [0.25, 0.3) is 0 Å². The van der Waals surface area contributed by atoms with E-state index >= 15 is 0 Å². The molecule has 1 aliphatic carbocycles. The predicted molar refractivity (Wildman–Crippen MR) is 59.4 cm³/mol. The summed E-state index contributed by atoms with van der Waals surface area (Å²) in [4.78, 5) is 2.43. The molecule has 0 spiro atoms. The Kier molecular flexibility index (Phi) is 5.45. The molecule has 1 saturated carbocycles. The summed E-state index contributed by atoms with van der Waals surface area (Å²) in [5.41, 5.74) is 0. The molecule has 3 nitrogen and oxygen atoms in total. The molecule has 1 rings (SSSR count). The van der Waals surface area contributed by atoms with Crippen LogP contribution < -0.4 is 5.32 Å². The van der Waals surface area contributed by atoms with Gasteiger partial charge in [-0.1, -0.05) is 13.8 Å². The van der Waals surface area contributed by atoms with E-state index in [2.05, 4.69) is 24.1 Å². The van der Waals surface area contributed by atoms with Crippen LogP contribution in [0, 0.1) is 5.92 Å². The molecule has 0 bridgehead atoms. The molecule has 0 aliphatic heterocycles. The molecule has 2 N–H and O–H groups in total. The van der Waals surface area contributed by atoms with Crippen molar-refractivity contribution in [3.8, 4) is 0 Å². The van der Waals surface area contributed by atoms with Crippen LogP contribution in [0.1, 0.15) is 26.7 Å². The lowest BCUT2D eigenvalue weighted by Gasteiger charge is -2.24. The molecule has 1 unspecified atom stereocenters. The average Bonchev–Trinajstić information content (AvgIpc) is 2.97. The van der Waals surface area contributed by atoms with E-state index in [4.69, 9.17) is 5.11 Å². The summed E-state index contributed by atoms with van der Waals surface area (Å²) in [6.07, 6.45) is 2.65. The van der Waals surface area contributed by atoms with Crippen molar-refractivity contribution in [3.63, 3.8) is 0 Å². The Morgan fingerprint density at radius 2 is 2.21 bits per heavy atom. The minimum Gasteiger partial charge on any atom is -0.395 e. The first kappa shape index (κ1) is 12.0. The fourth-order valence-corrected chi connectivity index (χ4v) is 1.85. The average molecular weight is 200 g/mol. The second-order valence-corrected chi connectivity index (χ2v) is 4.36. The van der Waals surface area contributed by atoms with Gasteiger partial charge < -0.3 is 10.4 Å². The minimum atomic E-state index is 0.296. The maximum atomic E-state index is 8.95. The number of aliphatic hydroxyl groups excluding tert-OH is 1. The lowest BCUT2D eigenvalue weighted by Crippen LogP contribution is -2.36. The van der Waals surface area contributed by atoms with Crippen LogP contribution in [0.2, 0.25) is 0 Å². The molecular formula is C11H24N2O. The molecule has 3 heteroatoms. The molecule has 1 fully saturated rings. The standard InChI is InChI=1S/C11H24N2O/c1-3-12-8-10(2)9-13(6-7-14)11-4-5-11/h10-12,14H,3-9H2,1-2H3. The largest absolute Gasteiger partial charge is 0.395 e. The van der Waals surface area contributed by atoms with E-state index in [1.807, 2.05) is 0 Å². The number of nitrogens with zero attached hydrogens (tertiary/aromatic N) is 1. The minimum absolute atomic E-state index is 0.296. The van der Waals surface area contributed by atoms with Gasteiger partial charge in [0.1, 0.15) is 0 Å². The van der Waals surface area contributed by atoms with Crippen molar-refractivity contribution < 1.29 is 5.11 Å². The molecule has 0 aromatic carbocycles. The summed E-state index contributed by atoms with van der Waals surface area (Å²) < 4.78 is 0. The molecule has 0 radical (unpaired) electrons. The zero-order valence-corrected chi connectivity index (χ0v) is 9.50. The highest BCUT2D eigenvalue weighted by Gasteiger charge is 2.28. The van der Waals surface area contributed by atoms with E-state index in [1.54, 1.807) is 0 Å². The number of hydrogen-bond acceptors (Lipinski definition) is 3. The first-order chi connectivity index (χ1) is 6.77. The summed E-state index contributed by atoms with van der Waals surface area (Å²) in [5.74, 6) is 0.682. The first-order valence-electron chi connectivity index (χ1n) is 5.83. The van der Waals surface area contributed by atoms with Gasteiger partial charge in [-0.15, -0.1) is 0 Å². The van der Waals surface area contributed by atoms with Crippen LogP contribution in [0.4, 0.5) is 0 Å². The summed E-state index contributed by atoms with van der Waals surface area (Å²) in [6.45, 7) is 8.82. The highest BCUT2D eigenvalue weighted by atomic mass is 16.3. The quantitative estimate of drug-likeness (QED) is 0.605. The van der Waals surface area contributed by atoms with Gasteiger partial charge in [-0.2, -0.15) is 0 Å². The second-order valence-electron chi connectivity index (χ2n) is 4.36. The molecule has 14 heavy (non-hydrogen) atoms. The molecule has 0 amide bonds. The molecule has 84 valence electrons. The van der Waals surface area contributed by atoms with E-state index in [0.717, 1.165) is 32.2 Å². The first-order valence-corrected chi connectivity index (χ1v) is 5.83. The topological polar surface area (TPSA) is 35.5 Å². The van der Waals surface area contributed by atoms with Crippen LogP contribution >= 0.6 is 0 Å². The Morgan fingerprint density at radius 3 is 2.71 bits per heavy atom. The van der Waals surface area contributed by atoms with E-state index in [1.165, 1.54) is 12.8 Å².